The lowest BCUT2D eigenvalue weighted by atomic mass is 9.87. The highest BCUT2D eigenvalue weighted by molar-refractivity contribution is 6.33. The maximum atomic E-state index is 13.1. The van der Waals surface area contributed by atoms with E-state index >= 15 is 0 Å². The van der Waals surface area contributed by atoms with Crippen LogP contribution in [0.1, 0.15) is 22.8 Å². The number of amides is 2. The minimum Gasteiger partial charge on any atom is -0.314 e. The fourth-order valence-corrected chi connectivity index (χ4v) is 3.41. The van der Waals surface area contributed by atoms with Crippen LogP contribution >= 0.6 is 11.6 Å². The molecule has 0 aliphatic carbocycles. The van der Waals surface area contributed by atoms with Crippen molar-refractivity contribution >= 4 is 40.6 Å². The molecule has 1 heterocycles. The Hall–Kier alpha value is -2.66. The van der Waals surface area contributed by atoms with E-state index in [0.29, 0.717) is 28.5 Å². The summed E-state index contributed by atoms with van der Waals surface area (Å²) >= 11 is 5.91. The van der Waals surface area contributed by atoms with E-state index in [4.69, 9.17) is 11.6 Å². The number of carbonyl (C=O) groups is 3. The van der Waals surface area contributed by atoms with Crippen molar-refractivity contribution < 1.29 is 14.4 Å². The van der Waals surface area contributed by atoms with Crippen molar-refractivity contribution in [2.75, 3.05) is 23.4 Å². The zero-order valence-corrected chi connectivity index (χ0v) is 15.6. The first-order chi connectivity index (χ1) is 12.4. The summed E-state index contributed by atoms with van der Waals surface area (Å²) in [6, 6.07) is 12.1. The van der Waals surface area contributed by atoms with Crippen LogP contribution in [0.2, 0.25) is 5.02 Å². The van der Waals surface area contributed by atoms with Gasteiger partial charge in [-0.2, -0.15) is 0 Å². The standard InChI is InChI=1S/C20H19ClN2O3/c1-4-23(14-10-8-13(21)9-11-14)20(26)17-18(24)16-12(2)6-5-7-15(16)22(3)19(17)25/h5-11,17H,4H2,1-3H3. The van der Waals surface area contributed by atoms with Crippen molar-refractivity contribution in [1.82, 2.24) is 0 Å². The molecule has 1 atom stereocenters. The van der Waals surface area contributed by atoms with Gasteiger partial charge in [0.05, 0.1) is 5.69 Å². The van der Waals surface area contributed by atoms with Crippen molar-refractivity contribution in [2.24, 2.45) is 5.92 Å². The molecule has 26 heavy (non-hydrogen) atoms. The normalized spacial score (nSPS) is 16.5. The summed E-state index contributed by atoms with van der Waals surface area (Å²) in [5, 5.41) is 0.548. The van der Waals surface area contributed by atoms with Crippen LogP contribution in [0.15, 0.2) is 42.5 Å². The molecular weight excluding hydrogens is 352 g/mol. The van der Waals surface area contributed by atoms with E-state index in [2.05, 4.69) is 0 Å². The zero-order valence-electron chi connectivity index (χ0n) is 14.8. The number of halogens is 1. The molecule has 0 saturated heterocycles. The Morgan fingerprint density at radius 2 is 1.81 bits per heavy atom. The predicted octanol–water partition coefficient (Wildman–Crippen LogP) is 3.48. The minimum atomic E-state index is -1.37. The van der Waals surface area contributed by atoms with Gasteiger partial charge >= 0.3 is 0 Å². The summed E-state index contributed by atoms with van der Waals surface area (Å²) in [7, 11) is 1.59. The fraction of sp³-hybridized carbons (Fsp3) is 0.250. The van der Waals surface area contributed by atoms with Crippen LogP contribution in [-0.2, 0) is 9.59 Å². The summed E-state index contributed by atoms with van der Waals surface area (Å²) in [4.78, 5) is 41.8. The molecule has 0 fully saturated rings. The first kappa shape index (κ1) is 18.1. The fourth-order valence-electron chi connectivity index (χ4n) is 3.28. The molecule has 1 unspecified atom stereocenters. The Kier molecular flexibility index (Phi) is 4.83. The second-order valence-electron chi connectivity index (χ2n) is 6.22. The lowest BCUT2D eigenvalue weighted by Crippen LogP contribution is -2.51. The molecule has 6 heteroatoms. The van der Waals surface area contributed by atoms with Gasteiger partial charge in [0.2, 0.25) is 11.8 Å². The van der Waals surface area contributed by atoms with Gasteiger partial charge in [-0.15, -0.1) is 0 Å². The number of fused-ring (bicyclic) bond motifs is 1. The molecule has 5 nitrogen and oxygen atoms in total. The number of aryl methyl sites for hydroxylation is 1. The van der Waals surface area contributed by atoms with Gasteiger partial charge in [-0.1, -0.05) is 23.7 Å². The van der Waals surface area contributed by atoms with Crippen LogP contribution in [-0.4, -0.2) is 31.2 Å². The Balaban J connectivity index is 2.03. The van der Waals surface area contributed by atoms with Crippen LogP contribution in [0.4, 0.5) is 11.4 Å². The first-order valence-corrected chi connectivity index (χ1v) is 8.73. The highest BCUT2D eigenvalue weighted by Gasteiger charge is 2.45. The van der Waals surface area contributed by atoms with Crippen molar-refractivity contribution in [3.63, 3.8) is 0 Å². The average molecular weight is 371 g/mol. The molecule has 1 aliphatic rings. The number of hydrogen-bond donors (Lipinski definition) is 0. The number of rotatable bonds is 3. The molecule has 0 radical (unpaired) electrons. The van der Waals surface area contributed by atoms with Gasteiger partial charge in [-0.25, -0.2) is 0 Å². The molecule has 1 aliphatic heterocycles. The van der Waals surface area contributed by atoms with Gasteiger partial charge in [0, 0.05) is 29.9 Å². The smallest absolute Gasteiger partial charge is 0.247 e. The molecule has 0 saturated carbocycles. The number of anilines is 2. The molecule has 0 spiro atoms. The van der Waals surface area contributed by atoms with E-state index in [0.717, 1.165) is 5.56 Å². The maximum absolute atomic E-state index is 13.1. The molecule has 134 valence electrons. The number of ketones is 1. The van der Waals surface area contributed by atoms with E-state index in [1.807, 2.05) is 0 Å². The van der Waals surface area contributed by atoms with Gasteiger partial charge in [0.15, 0.2) is 11.7 Å². The van der Waals surface area contributed by atoms with E-state index in [1.54, 1.807) is 63.4 Å². The lowest BCUT2D eigenvalue weighted by Gasteiger charge is -2.33. The van der Waals surface area contributed by atoms with Gasteiger partial charge < -0.3 is 9.80 Å². The molecule has 3 rings (SSSR count). The van der Waals surface area contributed by atoms with Crippen LogP contribution in [0.25, 0.3) is 0 Å². The van der Waals surface area contributed by atoms with Crippen LogP contribution in [0.5, 0.6) is 0 Å². The molecule has 0 N–H and O–H groups in total. The molecule has 0 bridgehead atoms. The first-order valence-electron chi connectivity index (χ1n) is 8.35. The third kappa shape index (κ3) is 2.88. The summed E-state index contributed by atoms with van der Waals surface area (Å²) in [5.41, 5.74) is 2.32. The Bertz CT molecular complexity index is 892. The van der Waals surface area contributed by atoms with E-state index in [1.165, 1.54) is 9.80 Å². The monoisotopic (exact) mass is 370 g/mol. The van der Waals surface area contributed by atoms with Crippen molar-refractivity contribution in [1.29, 1.82) is 0 Å². The van der Waals surface area contributed by atoms with Crippen LogP contribution in [0, 0.1) is 12.8 Å². The summed E-state index contributed by atoms with van der Waals surface area (Å²) < 4.78 is 0. The number of nitrogens with zero attached hydrogens (tertiary/aromatic N) is 2. The minimum absolute atomic E-state index is 0.335. The third-order valence-corrected chi connectivity index (χ3v) is 4.92. The number of benzene rings is 2. The van der Waals surface area contributed by atoms with Crippen molar-refractivity contribution in [3.05, 3.63) is 58.6 Å². The van der Waals surface area contributed by atoms with Gasteiger partial charge in [0.1, 0.15) is 0 Å². The SMILES string of the molecule is CCN(C(=O)C1C(=O)c2c(C)cccc2N(C)C1=O)c1ccc(Cl)cc1. The summed E-state index contributed by atoms with van der Waals surface area (Å²) in [6.07, 6.45) is 0. The second-order valence-corrected chi connectivity index (χ2v) is 6.66. The highest BCUT2D eigenvalue weighted by atomic mass is 35.5. The lowest BCUT2D eigenvalue weighted by molar-refractivity contribution is -0.130. The highest BCUT2D eigenvalue weighted by Crippen LogP contribution is 2.33. The topological polar surface area (TPSA) is 57.7 Å². The van der Waals surface area contributed by atoms with Crippen LogP contribution < -0.4 is 9.80 Å². The molecule has 2 amide bonds. The van der Waals surface area contributed by atoms with Gasteiger partial charge in [0.25, 0.3) is 0 Å². The maximum Gasteiger partial charge on any atom is 0.247 e. The molecule has 2 aromatic rings. The predicted molar refractivity (Wildman–Crippen MR) is 102 cm³/mol. The summed E-state index contributed by atoms with van der Waals surface area (Å²) in [6.45, 7) is 3.94. The Morgan fingerprint density at radius 1 is 1.15 bits per heavy atom. The molecule has 2 aromatic carbocycles. The van der Waals surface area contributed by atoms with Crippen LogP contribution in [0.3, 0.4) is 0 Å². The number of carbonyl (C=O) groups excluding carboxylic acids is 3. The second kappa shape index (κ2) is 6.92. The van der Waals surface area contributed by atoms with E-state index in [9.17, 15) is 14.4 Å². The summed E-state index contributed by atoms with van der Waals surface area (Å²) in [5.74, 6) is -2.85. The third-order valence-electron chi connectivity index (χ3n) is 4.67. The van der Waals surface area contributed by atoms with Gasteiger partial charge in [-0.05, 0) is 49.7 Å². The largest absolute Gasteiger partial charge is 0.314 e. The average Bonchev–Trinajstić information content (AvgIpc) is 2.62. The Labute approximate surface area is 157 Å². The molecule has 0 aromatic heterocycles. The quantitative estimate of drug-likeness (QED) is 0.777. The van der Waals surface area contributed by atoms with Gasteiger partial charge in [-0.3, -0.25) is 14.4 Å². The van der Waals surface area contributed by atoms with E-state index in [-0.39, 0.29) is 0 Å². The van der Waals surface area contributed by atoms with Crippen molar-refractivity contribution in [2.45, 2.75) is 13.8 Å². The molecular formula is C20H19ClN2O3. The zero-order chi connectivity index (χ0) is 19.0. The number of Topliss-reactive ketones (excluding diaryl/α,β-unsaturated/α-hetero) is 1. The Morgan fingerprint density at radius 3 is 2.42 bits per heavy atom. The van der Waals surface area contributed by atoms with E-state index < -0.39 is 23.5 Å². The number of hydrogen-bond acceptors (Lipinski definition) is 3. The van der Waals surface area contributed by atoms with Crippen molar-refractivity contribution in [3.8, 4) is 0 Å².